The fourth-order valence-corrected chi connectivity index (χ4v) is 4.99. The minimum absolute atomic E-state index is 0.00189. The van der Waals surface area contributed by atoms with E-state index in [4.69, 9.17) is 15.2 Å². The first-order valence-corrected chi connectivity index (χ1v) is 10.7. The molecule has 2 heterocycles. The van der Waals surface area contributed by atoms with Gasteiger partial charge in [-0.2, -0.15) is 0 Å². The summed E-state index contributed by atoms with van der Waals surface area (Å²) in [4.78, 5) is 22.6. The number of hydrogen-bond acceptors (Lipinski definition) is 6. The Hall–Kier alpha value is -1.80. The average Bonchev–Trinajstić information content (AvgIpc) is 3.41. The topological polar surface area (TPSA) is 90.6 Å². The van der Waals surface area contributed by atoms with Gasteiger partial charge in [0.2, 0.25) is 0 Å². The van der Waals surface area contributed by atoms with Crippen molar-refractivity contribution < 1.29 is 18.7 Å². The summed E-state index contributed by atoms with van der Waals surface area (Å²) in [6.07, 6.45) is 7.81. The summed E-state index contributed by atoms with van der Waals surface area (Å²) >= 11 is 0. The van der Waals surface area contributed by atoms with Crippen LogP contribution in [0.15, 0.2) is 12.4 Å². The molecule has 5 atom stereocenters. The Kier molecular flexibility index (Phi) is 5.75. The molecule has 0 radical (unpaired) electrons. The Morgan fingerprint density at radius 2 is 2.14 bits per heavy atom. The van der Waals surface area contributed by atoms with Gasteiger partial charge >= 0.3 is 6.09 Å². The number of fused-ring (bicyclic) bond motifs is 1. The zero-order valence-corrected chi connectivity index (χ0v) is 17.2. The third-order valence-corrected chi connectivity index (χ3v) is 6.66. The van der Waals surface area contributed by atoms with Crippen molar-refractivity contribution in [3.63, 3.8) is 0 Å². The minimum atomic E-state index is -0.399. The largest absolute Gasteiger partial charge is 0.447 e. The van der Waals surface area contributed by atoms with E-state index in [1.807, 2.05) is 13.8 Å². The van der Waals surface area contributed by atoms with E-state index in [9.17, 15) is 9.18 Å². The average molecular weight is 407 g/mol. The number of rotatable bonds is 5. The highest BCUT2D eigenvalue weighted by Crippen LogP contribution is 2.61. The highest BCUT2D eigenvalue weighted by atomic mass is 19.1. The van der Waals surface area contributed by atoms with Crippen LogP contribution in [0, 0.1) is 11.7 Å². The van der Waals surface area contributed by atoms with Gasteiger partial charge in [-0.05, 0) is 58.3 Å². The first-order chi connectivity index (χ1) is 13.9. The normalized spacial score (nSPS) is 34.0. The van der Waals surface area contributed by atoms with Gasteiger partial charge in [-0.15, -0.1) is 0 Å². The molecule has 3 aliphatic rings. The molecule has 2 N–H and O–H groups in total. The van der Waals surface area contributed by atoms with Crippen LogP contribution in [0.5, 0.6) is 0 Å². The molecule has 29 heavy (non-hydrogen) atoms. The van der Waals surface area contributed by atoms with E-state index < -0.39 is 5.82 Å². The molecule has 2 saturated carbocycles. The van der Waals surface area contributed by atoms with Crippen LogP contribution in [-0.2, 0) is 14.9 Å². The number of ether oxygens (including phenoxy) is 2. The molecule has 8 heteroatoms. The highest BCUT2D eigenvalue weighted by Gasteiger charge is 2.60. The quantitative estimate of drug-likeness (QED) is 0.809. The van der Waals surface area contributed by atoms with Gasteiger partial charge in [-0.25, -0.2) is 19.2 Å². The van der Waals surface area contributed by atoms with Crippen molar-refractivity contribution in [1.82, 2.24) is 14.9 Å². The number of nitrogens with zero attached hydrogens (tertiary/aromatic N) is 3. The lowest BCUT2D eigenvalue weighted by Gasteiger charge is -2.40. The van der Waals surface area contributed by atoms with Crippen molar-refractivity contribution in [3.05, 3.63) is 24.0 Å². The summed E-state index contributed by atoms with van der Waals surface area (Å²) in [5.74, 6) is 0.844. The standard InChI is InChI=1S/C21H31FN4O3/c1-13(2)29-20(27)26-7-3-4-17(23)18(26)12-28-16-5-6-21(9-14(21)8-16)19-24-10-15(22)11-25-19/h10-11,13-14,16-18H,3-9,12,23H2,1-2H3. The summed E-state index contributed by atoms with van der Waals surface area (Å²) in [6, 6.07) is -0.249. The van der Waals surface area contributed by atoms with Gasteiger partial charge in [0.15, 0.2) is 5.82 Å². The van der Waals surface area contributed by atoms with Gasteiger partial charge in [-0.3, -0.25) is 0 Å². The predicted octanol–water partition coefficient (Wildman–Crippen LogP) is 2.78. The number of nitrogens with two attached hydrogens (primary N) is 1. The smallest absolute Gasteiger partial charge is 0.410 e. The van der Waals surface area contributed by atoms with E-state index in [-0.39, 0.29) is 35.8 Å². The lowest BCUT2D eigenvalue weighted by Crippen LogP contribution is -2.57. The number of amides is 1. The number of hydrogen-bond donors (Lipinski definition) is 1. The molecule has 7 nitrogen and oxygen atoms in total. The molecule has 5 unspecified atom stereocenters. The summed E-state index contributed by atoms with van der Waals surface area (Å²) in [7, 11) is 0. The van der Waals surface area contributed by atoms with Crippen LogP contribution in [0.1, 0.15) is 58.2 Å². The Morgan fingerprint density at radius 1 is 1.38 bits per heavy atom. The first-order valence-electron chi connectivity index (χ1n) is 10.7. The van der Waals surface area contributed by atoms with Crippen LogP contribution < -0.4 is 5.73 Å². The number of carbonyl (C=O) groups excluding carboxylic acids is 1. The third kappa shape index (κ3) is 4.23. The molecule has 0 spiro atoms. The van der Waals surface area contributed by atoms with E-state index in [0.717, 1.165) is 44.3 Å². The molecule has 4 rings (SSSR count). The van der Waals surface area contributed by atoms with E-state index in [0.29, 0.717) is 19.1 Å². The van der Waals surface area contributed by atoms with Gasteiger partial charge < -0.3 is 20.1 Å². The summed E-state index contributed by atoms with van der Waals surface area (Å²) < 4.78 is 24.8. The third-order valence-electron chi connectivity index (χ3n) is 6.66. The second-order valence-electron chi connectivity index (χ2n) is 9.01. The van der Waals surface area contributed by atoms with Crippen LogP contribution in [0.4, 0.5) is 9.18 Å². The molecule has 1 saturated heterocycles. The molecule has 2 aliphatic carbocycles. The fraction of sp³-hybridized carbons (Fsp3) is 0.762. The zero-order chi connectivity index (χ0) is 20.6. The van der Waals surface area contributed by atoms with Crippen molar-refractivity contribution in [2.45, 2.75) is 82.1 Å². The summed E-state index contributed by atoms with van der Waals surface area (Å²) in [5.41, 5.74) is 6.32. The van der Waals surface area contributed by atoms with Gasteiger partial charge in [0.1, 0.15) is 5.82 Å². The first kappa shape index (κ1) is 20.5. The molecule has 3 fully saturated rings. The Morgan fingerprint density at radius 3 is 2.83 bits per heavy atom. The predicted molar refractivity (Wildman–Crippen MR) is 105 cm³/mol. The van der Waals surface area contributed by atoms with Gasteiger partial charge in [0.05, 0.1) is 37.3 Å². The maximum absolute atomic E-state index is 13.1. The van der Waals surface area contributed by atoms with E-state index in [1.165, 1.54) is 12.4 Å². The van der Waals surface area contributed by atoms with Crippen LogP contribution in [0.2, 0.25) is 0 Å². The van der Waals surface area contributed by atoms with Gasteiger partial charge in [0.25, 0.3) is 0 Å². The number of piperidine rings is 1. The van der Waals surface area contributed by atoms with Crippen LogP contribution in [-0.4, -0.2) is 58.4 Å². The van der Waals surface area contributed by atoms with E-state index >= 15 is 0 Å². The molecule has 1 aromatic heterocycles. The lowest BCUT2D eigenvalue weighted by molar-refractivity contribution is -0.0292. The van der Waals surface area contributed by atoms with Gasteiger partial charge in [0, 0.05) is 18.0 Å². The molecule has 1 aliphatic heterocycles. The molecule has 1 amide bonds. The second-order valence-corrected chi connectivity index (χ2v) is 9.01. The SMILES string of the molecule is CC(C)OC(=O)N1CCCC(N)C1COC1CCC2(c3ncc(F)cn3)CC2C1. The number of likely N-dealkylation sites (tertiary alicyclic amines) is 1. The van der Waals surface area contributed by atoms with Crippen molar-refractivity contribution in [2.24, 2.45) is 11.7 Å². The molecule has 0 bridgehead atoms. The molecular formula is C21H31FN4O3. The Labute approximate surface area is 171 Å². The highest BCUT2D eigenvalue weighted by molar-refractivity contribution is 5.68. The maximum atomic E-state index is 13.1. The van der Waals surface area contributed by atoms with Crippen molar-refractivity contribution in [1.29, 1.82) is 0 Å². The van der Waals surface area contributed by atoms with E-state index in [2.05, 4.69) is 9.97 Å². The second kappa shape index (κ2) is 8.14. The molecule has 160 valence electrons. The van der Waals surface area contributed by atoms with Crippen LogP contribution in [0.25, 0.3) is 0 Å². The van der Waals surface area contributed by atoms with Crippen LogP contribution >= 0.6 is 0 Å². The van der Waals surface area contributed by atoms with Crippen molar-refractivity contribution in [2.75, 3.05) is 13.2 Å². The lowest BCUT2D eigenvalue weighted by atomic mass is 9.86. The number of carbonyl (C=O) groups is 1. The number of halogens is 1. The molecule has 0 aromatic carbocycles. The zero-order valence-electron chi connectivity index (χ0n) is 17.2. The van der Waals surface area contributed by atoms with Crippen molar-refractivity contribution in [3.8, 4) is 0 Å². The summed E-state index contributed by atoms with van der Waals surface area (Å²) in [6.45, 7) is 4.79. The maximum Gasteiger partial charge on any atom is 0.410 e. The minimum Gasteiger partial charge on any atom is -0.447 e. The fourth-order valence-electron chi connectivity index (χ4n) is 4.99. The van der Waals surface area contributed by atoms with Gasteiger partial charge in [-0.1, -0.05) is 0 Å². The van der Waals surface area contributed by atoms with Crippen LogP contribution in [0.3, 0.4) is 0 Å². The molecular weight excluding hydrogens is 375 g/mol. The van der Waals surface area contributed by atoms with E-state index in [1.54, 1.807) is 4.90 Å². The van der Waals surface area contributed by atoms with Crippen molar-refractivity contribution >= 4 is 6.09 Å². The summed E-state index contributed by atoms with van der Waals surface area (Å²) in [5, 5.41) is 0. The Balaban J connectivity index is 1.32. The number of aromatic nitrogens is 2. The Bertz CT molecular complexity index is 731. The monoisotopic (exact) mass is 406 g/mol. The molecule has 1 aromatic rings.